The molecule has 33 heavy (non-hydrogen) atoms. The van der Waals surface area contributed by atoms with E-state index in [2.05, 4.69) is 15.6 Å². The number of fused-ring (bicyclic) bond motifs is 1. The molecule has 1 aromatic carbocycles. The van der Waals surface area contributed by atoms with E-state index >= 15 is 0 Å². The zero-order valence-electron chi connectivity index (χ0n) is 18.2. The van der Waals surface area contributed by atoms with Gasteiger partial charge in [-0.3, -0.25) is 9.20 Å². The fraction of sp³-hybridized carbons (Fsp3) is 0.318. The average molecular weight is 481 g/mol. The maximum absolute atomic E-state index is 13.9. The maximum Gasteiger partial charge on any atom is 0.404 e. The first-order valence-corrected chi connectivity index (χ1v) is 10.5. The molecule has 11 heteroatoms. The number of pyridine rings is 1. The van der Waals surface area contributed by atoms with E-state index in [0.717, 1.165) is 12.1 Å². The van der Waals surface area contributed by atoms with Crippen LogP contribution in [-0.4, -0.2) is 39.1 Å². The molecule has 0 bridgehead atoms. The van der Waals surface area contributed by atoms with Gasteiger partial charge < -0.3 is 20.5 Å². The van der Waals surface area contributed by atoms with Gasteiger partial charge in [0.1, 0.15) is 23.9 Å². The van der Waals surface area contributed by atoms with Crippen molar-refractivity contribution in [3.8, 4) is 5.75 Å². The van der Waals surface area contributed by atoms with Gasteiger partial charge in [0.15, 0.2) is 11.4 Å². The number of carboxylic acid groups (broad SMARTS) is 1. The normalized spacial score (nSPS) is 12.1. The Morgan fingerprint density at radius 2 is 1.94 bits per heavy atom. The minimum atomic E-state index is -1.19. The highest BCUT2D eigenvalue weighted by Gasteiger charge is 2.22. The molecule has 3 N–H and O–H groups in total. The maximum atomic E-state index is 13.9. The molecule has 2 amide bonds. The Morgan fingerprint density at radius 1 is 1.27 bits per heavy atom. The fourth-order valence-corrected chi connectivity index (χ4v) is 3.49. The summed E-state index contributed by atoms with van der Waals surface area (Å²) in [6, 6.07) is 4.45. The Morgan fingerprint density at radius 3 is 2.55 bits per heavy atom. The molecule has 176 valence electrons. The molecule has 1 unspecified atom stereocenters. The quantitative estimate of drug-likeness (QED) is 0.448. The predicted octanol–water partition coefficient (Wildman–Crippen LogP) is 4.18. The number of ether oxygens (including phenoxy) is 1. The van der Waals surface area contributed by atoms with Gasteiger partial charge in [-0.25, -0.2) is 18.6 Å². The first-order chi connectivity index (χ1) is 15.6. The Balaban J connectivity index is 1.87. The van der Waals surface area contributed by atoms with Gasteiger partial charge in [0, 0.05) is 18.8 Å². The number of hydrogen-bond acceptors (Lipinski definition) is 4. The van der Waals surface area contributed by atoms with Crippen LogP contribution in [0.1, 0.15) is 35.6 Å². The summed E-state index contributed by atoms with van der Waals surface area (Å²) in [4.78, 5) is 28.3. The minimum Gasteiger partial charge on any atom is -0.485 e. The largest absolute Gasteiger partial charge is 0.485 e. The molecule has 3 aromatic rings. The van der Waals surface area contributed by atoms with Crippen molar-refractivity contribution in [1.82, 2.24) is 20.0 Å². The third-order valence-electron chi connectivity index (χ3n) is 5.07. The monoisotopic (exact) mass is 480 g/mol. The first kappa shape index (κ1) is 24.2. The Hall–Kier alpha value is -3.40. The van der Waals surface area contributed by atoms with Gasteiger partial charge in [0.25, 0.3) is 5.91 Å². The highest BCUT2D eigenvalue weighted by molar-refractivity contribution is 6.30. The molecule has 0 aliphatic heterocycles. The third kappa shape index (κ3) is 5.51. The van der Waals surface area contributed by atoms with Crippen molar-refractivity contribution in [2.24, 2.45) is 5.92 Å². The number of carbonyl (C=O) groups is 2. The second-order valence-electron chi connectivity index (χ2n) is 7.76. The molecule has 2 heterocycles. The summed E-state index contributed by atoms with van der Waals surface area (Å²) >= 11 is 6.20. The molecule has 1 atom stereocenters. The molecule has 0 saturated heterocycles. The molecular weight excluding hydrogens is 458 g/mol. The number of amides is 2. The molecule has 0 fully saturated rings. The van der Waals surface area contributed by atoms with Gasteiger partial charge in [-0.15, -0.1) is 0 Å². The Labute approximate surface area is 193 Å². The molecule has 0 radical (unpaired) electrons. The van der Waals surface area contributed by atoms with Crippen molar-refractivity contribution in [3.63, 3.8) is 0 Å². The van der Waals surface area contributed by atoms with Crippen molar-refractivity contribution in [1.29, 1.82) is 0 Å². The van der Waals surface area contributed by atoms with E-state index < -0.39 is 36.3 Å². The van der Waals surface area contributed by atoms with Crippen molar-refractivity contribution in [2.45, 2.75) is 33.4 Å². The number of benzene rings is 1. The zero-order valence-corrected chi connectivity index (χ0v) is 18.9. The summed E-state index contributed by atoms with van der Waals surface area (Å²) in [5.74, 6) is -1.91. The number of imidazole rings is 1. The Bertz CT molecular complexity index is 1180. The highest BCUT2D eigenvalue weighted by Crippen LogP contribution is 2.28. The number of nitrogens with one attached hydrogen (secondary N) is 2. The molecule has 0 aliphatic rings. The third-order valence-corrected chi connectivity index (χ3v) is 5.28. The first-order valence-electron chi connectivity index (χ1n) is 10.1. The van der Waals surface area contributed by atoms with Crippen molar-refractivity contribution in [3.05, 3.63) is 64.1 Å². The fourth-order valence-electron chi connectivity index (χ4n) is 3.29. The van der Waals surface area contributed by atoms with Gasteiger partial charge in [-0.1, -0.05) is 31.5 Å². The summed E-state index contributed by atoms with van der Waals surface area (Å²) < 4.78 is 34.9. The van der Waals surface area contributed by atoms with E-state index in [9.17, 15) is 18.4 Å². The van der Waals surface area contributed by atoms with Crippen LogP contribution in [0.15, 0.2) is 30.5 Å². The second kappa shape index (κ2) is 10.0. The SMILES string of the molecule is Cc1nc2c(OCc3c(F)cccc3F)cc(Cl)cn2c1C(=O)NCC(NC(=O)O)C(C)C. The zero-order chi connectivity index (χ0) is 24.3. The molecule has 0 saturated carbocycles. The lowest BCUT2D eigenvalue weighted by atomic mass is 10.0. The number of halogens is 3. The number of nitrogens with zero attached hydrogens (tertiary/aromatic N) is 2. The predicted molar refractivity (Wildman–Crippen MR) is 118 cm³/mol. The van der Waals surface area contributed by atoms with E-state index in [4.69, 9.17) is 21.4 Å². The smallest absolute Gasteiger partial charge is 0.404 e. The summed E-state index contributed by atoms with van der Waals surface area (Å²) in [7, 11) is 0. The van der Waals surface area contributed by atoms with Gasteiger partial charge in [0.05, 0.1) is 22.3 Å². The van der Waals surface area contributed by atoms with E-state index in [1.54, 1.807) is 6.92 Å². The van der Waals surface area contributed by atoms with Crippen molar-refractivity contribution < 1.29 is 28.2 Å². The van der Waals surface area contributed by atoms with Crippen LogP contribution in [0, 0.1) is 24.5 Å². The van der Waals surface area contributed by atoms with Gasteiger partial charge in [-0.05, 0) is 25.0 Å². The number of hydrogen-bond donors (Lipinski definition) is 3. The lowest BCUT2D eigenvalue weighted by molar-refractivity contribution is 0.0938. The van der Waals surface area contributed by atoms with Crippen LogP contribution in [0.2, 0.25) is 5.02 Å². The molecule has 0 aliphatic carbocycles. The summed E-state index contributed by atoms with van der Waals surface area (Å²) in [5, 5.41) is 14.3. The summed E-state index contributed by atoms with van der Waals surface area (Å²) in [6.07, 6.45) is 0.284. The van der Waals surface area contributed by atoms with E-state index in [1.165, 1.54) is 22.7 Å². The summed E-state index contributed by atoms with van der Waals surface area (Å²) in [6.45, 7) is 4.93. The van der Waals surface area contributed by atoms with E-state index in [0.29, 0.717) is 5.69 Å². The topological polar surface area (TPSA) is 105 Å². The van der Waals surface area contributed by atoms with E-state index in [1.807, 2.05) is 13.8 Å². The number of rotatable bonds is 8. The van der Waals surface area contributed by atoms with Crippen molar-refractivity contribution >= 4 is 29.2 Å². The number of carbonyl (C=O) groups excluding carboxylic acids is 1. The standard InChI is InChI=1S/C22H23ClF2N4O4/c1-11(2)17(28-22(31)32)8-26-21(30)19-12(3)27-20-18(7-13(23)9-29(19)20)33-10-14-15(24)5-4-6-16(14)25/h4-7,9,11,17,28H,8,10H2,1-3H3,(H,26,30)(H,31,32). The molecule has 8 nitrogen and oxygen atoms in total. The van der Waals surface area contributed by atoms with Crippen LogP contribution in [0.3, 0.4) is 0 Å². The number of aromatic nitrogens is 2. The summed E-state index contributed by atoms with van der Waals surface area (Å²) in [5.41, 5.74) is 0.529. The average Bonchev–Trinajstić information content (AvgIpc) is 3.05. The van der Waals surface area contributed by atoms with Crippen LogP contribution in [0.5, 0.6) is 5.75 Å². The minimum absolute atomic E-state index is 0.0575. The van der Waals surface area contributed by atoms with E-state index in [-0.39, 0.29) is 40.1 Å². The van der Waals surface area contributed by atoms with Crippen LogP contribution in [0.4, 0.5) is 13.6 Å². The molecule has 3 rings (SSSR count). The van der Waals surface area contributed by atoms with Gasteiger partial charge in [0.2, 0.25) is 0 Å². The van der Waals surface area contributed by atoms with Crippen LogP contribution < -0.4 is 15.4 Å². The second-order valence-corrected chi connectivity index (χ2v) is 8.20. The van der Waals surface area contributed by atoms with Gasteiger partial charge >= 0.3 is 6.09 Å². The molecule has 0 spiro atoms. The molecular formula is C22H23ClF2N4O4. The molecule has 2 aromatic heterocycles. The van der Waals surface area contributed by atoms with Crippen molar-refractivity contribution in [2.75, 3.05) is 6.54 Å². The van der Waals surface area contributed by atoms with Crippen LogP contribution in [-0.2, 0) is 6.61 Å². The lowest BCUT2D eigenvalue weighted by Crippen LogP contribution is -2.46. The van der Waals surface area contributed by atoms with Crippen LogP contribution >= 0.6 is 11.6 Å². The van der Waals surface area contributed by atoms with Crippen LogP contribution in [0.25, 0.3) is 5.65 Å². The number of aryl methyl sites for hydroxylation is 1. The Kier molecular flexibility index (Phi) is 7.37. The van der Waals surface area contributed by atoms with Gasteiger partial charge in [-0.2, -0.15) is 0 Å². The lowest BCUT2D eigenvalue weighted by Gasteiger charge is -2.21. The highest BCUT2D eigenvalue weighted by atomic mass is 35.5.